The Bertz CT molecular complexity index is 661. The summed E-state index contributed by atoms with van der Waals surface area (Å²) in [5, 5.41) is 13.4. The van der Waals surface area contributed by atoms with Crippen molar-refractivity contribution in [3.8, 4) is 5.75 Å². The topological polar surface area (TPSA) is 68.9 Å². The highest BCUT2D eigenvalue weighted by molar-refractivity contribution is 5.80. The average molecular weight is 328 g/mol. The molecule has 0 saturated carbocycles. The lowest BCUT2D eigenvalue weighted by Gasteiger charge is -2.37. The van der Waals surface area contributed by atoms with Crippen LogP contribution >= 0.6 is 0 Å². The van der Waals surface area contributed by atoms with Crippen molar-refractivity contribution in [2.75, 3.05) is 44.7 Å². The minimum absolute atomic E-state index is 0.341. The summed E-state index contributed by atoms with van der Waals surface area (Å²) in [6, 6.07) is 7.50. The van der Waals surface area contributed by atoms with E-state index in [9.17, 15) is 5.11 Å². The van der Waals surface area contributed by atoms with Crippen LogP contribution in [0.1, 0.15) is 0 Å². The van der Waals surface area contributed by atoms with Gasteiger partial charge in [0.05, 0.1) is 12.0 Å². The van der Waals surface area contributed by atoms with E-state index in [0.717, 1.165) is 50.9 Å². The molecule has 0 bridgehead atoms. The second-order valence-corrected chi connectivity index (χ2v) is 5.74. The van der Waals surface area contributed by atoms with Crippen LogP contribution in [-0.4, -0.2) is 65.3 Å². The number of aromatic nitrogens is 2. The molecule has 2 heterocycles. The van der Waals surface area contributed by atoms with Crippen LogP contribution in [0.15, 0.2) is 48.0 Å². The first-order valence-electron chi connectivity index (χ1n) is 8.22. The van der Waals surface area contributed by atoms with E-state index in [0.29, 0.717) is 5.75 Å². The number of phenols is 1. The van der Waals surface area contributed by atoms with Gasteiger partial charge in [0, 0.05) is 58.7 Å². The molecule has 0 spiro atoms. The first-order valence-corrected chi connectivity index (χ1v) is 8.22. The number of phenolic OH excluding ortho intramolecular Hbond substituents is 1. The summed E-state index contributed by atoms with van der Waals surface area (Å²) >= 11 is 0. The second kappa shape index (κ2) is 7.72. The number of para-hydroxylation sites is 2. The van der Waals surface area contributed by atoms with Gasteiger partial charge in [-0.3, -0.25) is 4.99 Å². The van der Waals surface area contributed by atoms with Crippen molar-refractivity contribution in [1.82, 2.24) is 19.8 Å². The monoisotopic (exact) mass is 328 g/mol. The molecule has 0 atom stereocenters. The van der Waals surface area contributed by atoms with Gasteiger partial charge in [-0.05, 0) is 12.1 Å². The fourth-order valence-electron chi connectivity index (χ4n) is 2.94. The Morgan fingerprint density at radius 3 is 2.71 bits per heavy atom. The van der Waals surface area contributed by atoms with E-state index < -0.39 is 0 Å². The Morgan fingerprint density at radius 1 is 1.25 bits per heavy atom. The zero-order valence-corrected chi connectivity index (χ0v) is 14.0. The van der Waals surface area contributed by atoms with Gasteiger partial charge in [0.15, 0.2) is 5.96 Å². The highest BCUT2D eigenvalue weighted by Gasteiger charge is 2.21. The van der Waals surface area contributed by atoms with Crippen molar-refractivity contribution in [3.05, 3.63) is 43.0 Å². The second-order valence-electron chi connectivity index (χ2n) is 5.74. The van der Waals surface area contributed by atoms with Crippen LogP contribution in [0.2, 0.25) is 0 Å². The van der Waals surface area contributed by atoms with Crippen LogP contribution in [0.5, 0.6) is 5.75 Å². The number of piperazine rings is 1. The zero-order valence-electron chi connectivity index (χ0n) is 14.0. The van der Waals surface area contributed by atoms with Gasteiger partial charge >= 0.3 is 0 Å². The minimum atomic E-state index is 0.341. The molecule has 24 heavy (non-hydrogen) atoms. The number of nitrogens with one attached hydrogen (secondary N) is 1. The molecule has 1 aromatic carbocycles. The normalized spacial score (nSPS) is 15.6. The van der Waals surface area contributed by atoms with Crippen molar-refractivity contribution in [2.45, 2.75) is 6.54 Å². The number of aromatic hydroxyl groups is 1. The Kier molecular flexibility index (Phi) is 5.20. The van der Waals surface area contributed by atoms with E-state index in [-0.39, 0.29) is 0 Å². The average Bonchev–Trinajstić information content (AvgIpc) is 3.13. The number of hydrogen-bond acceptors (Lipinski definition) is 4. The number of aliphatic imine (C=N–C) groups is 1. The zero-order chi connectivity index (χ0) is 16.8. The first-order chi connectivity index (χ1) is 11.8. The molecule has 1 fully saturated rings. The van der Waals surface area contributed by atoms with Crippen molar-refractivity contribution in [1.29, 1.82) is 0 Å². The molecule has 1 saturated heterocycles. The van der Waals surface area contributed by atoms with Gasteiger partial charge in [-0.2, -0.15) is 0 Å². The molecule has 0 aliphatic carbocycles. The number of anilines is 1. The molecule has 0 radical (unpaired) electrons. The molecule has 1 aliphatic rings. The number of imidazole rings is 1. The van der Waals surface area contributed by atoms with Crippen LogP contribution in [0.4, 0.5) is 5.69 Å². The lowest BCUT2D eigenvalue weighted by atomic mass is 10.2. The van der Waals surface area contributed by atoms with E-state index in [1.807, 2.05) is 42.3 Å². The molecular weight excluding hydrogens is 304 g/mol. The number of benzene rings is 1. The molecule has 7 heteroatoms. The number of hydrogen-bond donors (Lipinski definition) is 2. The van der Waals surface area contributed by atoms with Crippen molar-refractivity contribution >= 4 is 11.6 Å². The molecule has 1 aliphatic heterocycles. The van der Waals surface area contributed by atoms with E-state index >= 15 is 0 Å². The molecule has 128 valence electrons. The molecule has 7 nitrogen and oxygen atoms in total. The maximum absolute atomic E-state index is 9.99. The van der Waals surface area contributed by atoms with Crippen LogP contribution in [0.25, 0.3) is 0 Å². The van der Waals surface area contributed by atoms with E-state index in [4.69, 9.17) is 0 Å². The first kappa shape index (κ1) is 16.2. The van der Waals surface area contributed by atoms with Gasteiger partial charge in [-0.1, -0.05) is 12.1 Å². The summed E-state index contributed by atoms with van der Waals surface area (Å²) in [5.41, 5.74) is 0.903. The van der Waals surface area contributed by atoms with Gasteiger partial charge in [0.1, 0.15) is 5.75 Å². The van der Waals surface area contributed by atoms with Gasteiger partial charge < -0.3 is 24.8 Å². The Labute approximate surface area is 142 Å². The van der Waals surface area contributed by atoms with Gasteiger partial charge in [0.25, 0.3) is 0 Å². The molecular formula is C17H24N6O. The van der Waals surface area contributed by atoms with Gasteiger partial charge in [-0.25, -0.2) is 4.98 Å². The third-order valence-corrected chi connectivity index (χ3v) is 4.23. The smallest absolute Gasteiger partial charge is 0.193 e. The minimum Gasteiger partial charge on any atom is -0.506 e. The van der Waals surface area contributed by atoms with E-state index in [1.165, 1.54) is 0 Å². The number of nitrogens with zero attached hydrogens (tertiary/aromatic N) is 5. The fourth-order valence-corrected chi connectivity index (χ4v) is 2.94. The summed E-state index contributed by atoms with van der Waals surface area (Å²) in [6.45, 7) is 5.14. The summed E-state index contributed by atoms with van der Waals surface area (Å²) in [6.07, 6.45) is 5.55. The molecule has 2 aromatic rings. The predicted molar refractivity (Wildman–Crippen MR) is 95.5 cm³/mol. The van der Waals surface area contributed by atoms with Gasteiger partial charge in [-0.15, -0.1) is 0 Å². The molecule has 0 unspecified atom stereocenters. The Balaban J connectivity index is 1.50. The maximum Gasteiger partial charge on any atom is 0.193 e. The summed E-state index contributed by atoms with van der Waals surface area (Å²) in [5.74, 6) is 1.26. The Morgan fingerprint density at radius 2 is 2.04 bits per heavy atom. The third kappa shape index (κ3) is 3.79. The summed E-state index contributed by atoms with van der Waals surface area (Å²) < 4.78 is 2.04. The largest absolute Gasteiger partial charge is 0.506 e. The van der Waals surface area contributed by atoms with Crippen molar-refractivity contribution < 1.29 is 5.11 Å². The Hall–Kier alpha value is -2.70. The van der Waals surface area contributed by atoms with Gasteiger partial charge in [0.2, 0.25) is 0 Å². The lowest BCUT2D eigenvalue weighted by Crippen LogP contribution is -2.52. The van der Waals surface area contributed by atoms with Crippen LogP contribution in [0.3, 0.4) is 0 Å². The van der Waals surface area contributed by atoms with Crippen molar-refractivity contribution in [3.63, 3.8) is 0 Å². The fraction of sp³-hybridized carbons (Fsp3) is 0.412. The van der Waals surface area contributed by atoms with E-state index in [1.54, 1.807) is 12.3 Å². The standard InChI is InChI=1S/C17H24N6O/c1-18-17(20-7-9-21-8-6-19-14-21)23-12-10-22(11-13-23)15-4-2-3-5-16(15)24/h2-6,8,14,24H,7,9-13H2,1H3,(H,18,20). The van der Waals surface area contributed by atoms with Crippen LogP contribution in [-0.2, 0) is 6.54 Å². The summed E-state index contributed by atoms with van der Waals surface area (Å²) in [7, 11) is 1.81. The highest BCUT2D eigenvalue weighted by atomic mass is 16.3. The molecule has 2 N–H and O–H groups in total. The summed E-state index contributed by atoms with van der Waals surface area (Å²) in [4.78, 5) is 12.9. The van der Waals surface area contributed by atoms with E-state index in [2.05, 4.69) is 25.1 Å². The molecule has 3 rings (SSSR count). The lowest BCUT2D eigenvalue weighted by molar-refractivity contribution is 0.369. The molecule has 0 amide bonds. The van der Waals surface area contributed by atoms with Crippen molar-refractivity contribution in [2.24, 2.45) is 4.99 Å². The number of rotatable bonds is 4. The predicted octanol–water partition coefficient (Wildman–Crippen LogP) is 0.986. The SMILES string of the molecule is CN=C(NCCn1ccnc1)N1CCN(c2ccccc2O)CC1. The number of guanidine groups is 1. The van der Waals surface area contributed by atoms with Crippen LogP contribution in [0, 0.1) is 0 Å². The highest BCUT2D eigenvalue weighted by Crippen LogP contribution is 2.27. The quantitative estimate of drug-likeness (QED) is 0.647. The molecule has 1 aromatic heterocycles. The maximum atomic E-state index is 9.99. The van der Waals surface area contributed by atoms with Crippen LogP contribution < -0.4 is 10.2 Å². The third-order valence-electron chi connectivity index (χ3n) is 4.23.